The summed E-state index contributed by atoms with van der Waals surface area (Å²) in [5, 5.41) is 3.28. The van der Waals surface area contributed by atoms with Crippen molar-refractivity contribution in [3.63, 3.8) is 0 Å². The van der Waals surface area contributed by atoms with E-state index in [1.165, 1.54) is 0 Å². The van der Waals surface area contributed by atoms with Crippen molar-refractivity contribution in [1.82, 2.24) is 15.0 Å². The summed E-state index contributed by atoms with van der Waals surface area (Å²) in [7, 11) is 0. The third-order valence-corrected chi connectivity index (χ3v) is 3.68. The number of benzene rings is 2. The molecule has 0 aliphatic heterocycles. The average Bonchev–Trinajstić information content (AvgIpc) is 3.00. The molecule has 0 aliphatic rings. The highest BCUT2D eigenvalue weighted by molar-refractivity contribution is 5.74. The predicted molar refractivity (Wildman–Crippen MR) is 92.9 cm³/mol. The Kier molecular flexibility index (Phi) is 3.48. The number of anilines is 2. The van der Waals surface area contributed by atoms with Crippen molar-refractivity contribution in [2.75, 3.05) is 5.32 Å². The number of H-pyrrole nitrogens is 1. The van der Waals surface area contributed by atoms with Gasteiger partial charge in [0.1, 0.15) is 11.6 Å². The van der Waals surface area contributed by atoms with Crippen LogP contribution in [0.15, 0.2) is 72.9 Å². The Labute approximate surface area is 134 Å². The van der Waals surface area contributed by atoms with Crippen LogP contribution >= 0.6 is 0 Å². The van der Waals surface area contributed by atoms with Crippen molar-refractivity contribution in [2.24, 2.45) is 0 Å². The molecule has 4 aromatic rings. The zero-order valence-electron chi connectivity index (χ0n) is 12.5. The largest absolute Gasteiger partial charge is 0.342 e. The third-order valence-electron chi connectivity index (χ3n) is 3.68. The molecule has 4 heteroatoms. The number of imidazole rings is 1. The van der Waals surface area contributed by atoms with Gasteiger partial charge in [-0.1, -0.05) is 36.4 Å². The highest BCUT2D eigenvalue weighted by Gasteiger charge is 2.04. The molecule has 23 heavy (non-hydrogen) atoms. The van der Waals surface area contributed by atoms with Gasteiger partial charge in [-0.25, -0.2) is 9.97 Å². The molecule has 4 nitrogen and oxygen atoms in total. The Morgan fingerprint density at radius 1 is 0.870 bits per heavy atom. The molecule has 2 aromatic heterocycles. The van der Waals surface area contributed by atoms with Crippen molar-refractivity contribution in [1.29, 1.82) is 0 Å². The van der Waals surface area contributed by atoms with Crippen LogP contribution in [-0.4, -0.2) is 15.0 Å². The fourth-order valence-corrected chi connectivity index (χ4v) is 2.56. The second-order valence-corrected chi connectivity index (χ2v) is 5.42. The summed E-state index contributed by atoms with van der Waals surface area (Å²) in [6.07, 6.45) is 2.63. The average molecular weight is 300 g/mol. The van der Waals surface area contributed by atoms with Crippen LogP contribution in [0.1, 0.15) is 11.4 Å². The lowest BCUT2D eigenvalue weighted by molar-refractivity contribution is 1.03. The van der Waals surface area contributed by atoms with Gasteiger partial charge in [0, 0.05) is 18.3 Å². The van der Waals surface area contributed by atoms with Crippen LogP contribution in [-0.2, 0) is 6.42 Å². The van der Waals surface area contributed by atoms with Crippen molar-refractivity contribution in [2.45, 2.75) is 6.42 Å². The molecule has 0 amide bonds. The number of aromatic nitrogens is 3. The highest BCUT2D eigenvalue weighted by Crippen LogP contribution is 2.16. The molecule has 0 unspecified atom stereocenters. The van der Waals surface area contributed by atoms with E-state index in [0.717, 1.165) is 40.3 Å². The molecule has 112 valence electrons. The Balaban J connectivity index is 1.49. The smallest absolute Gasteiger partial charge is 0.130 e. The zero-order valence-corrected chi connectivity index (χ0v) is 12.5. The first-order valence-electron chi connectivity index (χ1n) is 7.57. The van der Waals surface area contributed by atoms with Gasteiger partial charge >= 0.3 is 0 Å². The standard InChI is InChI=1S/C19H16N4/c1-2-6-15(7-3-1)21-18-11-10-14(13-20-18)12-19-22-16-8-4-5-9-17(16)23-19/h1-11,13H,12H2,(H,20,21)(H,22,23). The molecule has 2 heterocycles. The summed E-state index contributed by atoms with van der Waals surface area (Å²) in [6, 6.07) is 22.2. The SMILES string of the molecule is c1ccc(Nc2ccc(Cc3nc4ccccc4[nH]3)cn2)cc1. The van der Waals surface area contributed by atoms with Gasteiger partial charge in [-0.3, -0.25) is 0 Å². The number of pyridine rings is 1. The Morgan fingerprint density at radius 3 is 2.48 bits per heavy atom. The van der Waals surface area contributed by atoms with Crippen molar-refractivity contribution < 1.29 is 0 Å². The Bertz CT molecular complexity index is 878. The van der Waals surface area contributed by atoms with E-state index in [1.807, 2.05) is 66.9 Å². The number of nitrogens with zero attached hydrogens (tertiary/aromatic N) is 2. The monoisotopic (exact) mass is 300 g/mol. The number of hydrogen-bond donors (Lipinski definition) is 2. The molecule has 0 fully saturated rings. The minimum Gasteiger partial charge on any atom is -0.342 e. The minimum atomic E-state index is 0.743. The molecular weight excluding hydrogens is 284 g/mol. The number of rotatable bonds is 4. The van der Waals surface area contributed by atoms with Crippen LogP contribution in [0.4, 0.5) is 11.5 Å². The molecule has 0 saturated carbocycles. The van der Waals surface area contributed by atoms with E-state index >= 15 is 0 Å². The summed E-state index contributed by atoms with van der Waals surface area (Å²) >= 11 is 0. The van der Waals surface area contributed by atoms with Crippen molar-refractivity contribution >= 4 is 22.5 Å². The van der Waals surface area contributed by atoms with Gasteiger partial charge in [-0.2, -0.15) is 0 Å². The van der Waals surface area contributed by atoms with E-state index in [-0.39, 0.29) is 0 Å². The van der Waals surface area contributed by atoms with E-state index < -0.39 is 0 Å². The van der Waals surface area contributed by atoms with Crippen LogP contribution in [0.3, 0.4) is 0 Å². The Morgan fingerprint density at radius 2 is 1.70 bits per heavy atom. The normalized spacial score (nSPS) is 10.8. The number of fused-ring (bicyclic) bond motifs is 1. The molecule has 2 N–H and O–H groups in total. The lowest BCUT2D eigenvalue weighted by Crippen LogP contribution is -1.96. The topological polar surface area (TPSA) is 53.6 Å². The first-order chi connectivity index (χ1) is 11.4. The zero-order chi connectivity index (χ0) is 15.5. The lowest BCUT2D eigenvalue weighted by atomic mass is 10.2. The first-order valence-corrected chi connectivity index (χ1v) is 7.57. The summed E-state index contributed by atoms with van der Waals surface area (Å²) in [5.41, 5.74) is 4.23. The molecule has 0 atom stereocenters. The molecule has 0 spiro atoms. The van der Waals surface area contributed by atoms with Crippen LogP contribution < -0.4 is 5.32 Å². The van der Waals surface area contributed by atoms with Crippen molar-refractivity contribution in [3.05, 3.63) is 84.3 Å². The summed E-state index contributed by atoms with van der Waals surface area (Å²) in [5.74, 6) is 1.79. The lowest BCUT2D eigenvalue weighted by Gasteiger charge is -2.05. The van der Waals surface area contributed by atoms with E-state index in [4.69, 9.17) is 0 Å². The summed E-state index contributed by atoms with van der Waals surface area (Å²) < 4.78 is 0. The number of hydrogen-bond acceptors (Lipinski definition) is 3. The second-order valence-electron chi connectivity index (χ2n) is 5.42. The second kappa shape index (κ2) is 5.93. The van der Waals surface area contributed by atoms with Gasteiger partial charge in [0.15, 0.2) is 0 Å². The molecule has 4 rings (SSSR count). The number of nitrogens with one attached hydrogen (secondary N) is 2. The van der Waals surface area contributed by atoms with E-state index in [2.05, 4.69) is 26.3 Å². The van der Waals surface area contributed by atoms with Crippen LogP contribution in [0.25, 0.3) is 11.0 Å². The number of para-hydroxylation sites is 3. The predicted octanol–water partition coefficient (Wildman–Crippen LogP) is 4.29. The van der Waals surface area contributed by atoms with Gasteiger partial charge < -0.3 is 10.3 Å². The van der Waals surface area contributed by atoms with Crippen LogP contribution in [0.2, 0.25) is 0 Å². The van der Waals surface area contributed by atoms with Gasteiger partial charge in [-0.05, 0) is 35.9 Å². The number of aromatic amines is 1. The van der Waals surface area contributed by atoms with Crippen LogP contribution in [0, 0.1) is 0 Å². The molecule has 0 bridgehead atoms. The van der Waals surface area contributed by atoms with E-state index in [9.17, 15) is 0 Å². The summed E-state index contributed by atoms with van der Waals surface area (Å²) in [4.78, 5) is 12.4. The van der Waals surface area contributed by atoms with Gasteiger partial charge in [-0.15, -0.1) is 0 Å². The Hall–Kier alpha value is -3.14. The van der Waals surface area contributed by atoms with E-state index in [0.29, 0.717) is 0 Å². The molecule has 0 saturated heterocycles. The maximum Gasteiger partial charge on any atom is 0.130 e. The van der Waals surface area contributed by atoms with Crippen molar-refractivity contribution in [3.8, 4) is 0 Å². The van der Waals surface area contributed by atoms with Gasteiger partial charge in [0.25, 0.3) is 0 Å². The van der Waals surface area contributed by atoms with Gasteiger partial charge in [0.2, 0.25) is 0 Å². The van der Waals surface area contributed by atoms with Gasteiger partial charge in [0.05, 0.1) is 11.0 Å². The fourth-order valence-electron chi connectivity index (χ4n) is 2.56. The fraction of sp³-hybridized carbons (Fsp3) is 0.0526. The maximum absolute atomic E-state index is 4.60. The summed E-state index contributed by atoms with van der Waals surface area (Å²) in [6.45, 7) is 0. The van der Waals surface area contributed by atoms with E-state index in [1.54, 1.807) is 0 Å². The maximum atomic E-state index is 4.60. The first kappa shape index (κ1) is 13.5. The molecule has 0 aliphatic carbocycles. The molecule has 2 aromatic carbocycles. The minimum absolute atomic E-state index is 0.743. The highest BCUT2D eigenvalue weighted by atomic mass is 15.0. The molecule has 0 radical (unpaired) electrons. The quantitative estimate of drug-likeness (QED) is 0.591. The molecular formula is C19H16N4. The van der Waals surface area contributed by atoms with Crippen LogP contribution in [0.5, 0.6) is 0 Å². The third kappa shape index (κ3) is 3.06.